The largest absolute Gasteiger partial charge is 0.508 e. The van der Waals surface area contributed by atoms with Gasteiger partial charge < -0.3 is 15.8 Å². The molecule has 5 heteroatoms. The summed E-state index contributed by atoms with van der Waals surface area (Å²) in [5.41, 5.74) is 9.13. The fourth-order valence-electron chi connectivity index (χ4n) is 1.78. The van der Waals surface area contributed by atoms with Crippen LogP contribution in [0, 0.1) is 0 Å². The van der Waals surface area contributed by atoms with Crippen molar-refractivity contribution in [3.63, 3.8) is 0 Å². The number of nitrogens with two attached hydrogens (primary N) is 1. The number of nitrogens with one attached hydrogen (secondary N) is 1. The molecule has 0 unspecified atom stereocenters. The number of fused-ring (bicyclic) bond motifs is 1. The van der Waals surface area contributed by atoms with E-state index in [1.165, 1.54) is 0 Å². The van der Waals surface area contributed by atoms with Gasteiger partial charge in [0.15, 0.2) is 0 Å². The van der Waals surface area contributed by atoms with Crippen LogP contribution in [0.5, 0.6) is 5.75 Å². The van der Waals surface area contributed by atoms with Crippen LogP contribution in [-0.2, 0) is 0 Å². The number of aromatic amines is 1. The van der Waals surface area contributed by atoms with E-state index >= 15 is 0 Å². The molecule has 92 valence electrons. The number of rotatable bonds is 1. The first kappa shape index (κ1) is 12.3. The van der Waals surface area contributed by atoms with E-state index in [2.05, 4.69) is 9.97 Å². The molecule has 0 fully saturated rings. The Bertz CT molecular complexity index is 676. The summed E-state index contributed by atoms with van der Waals surface area (Å²) >= 11 is 0. The van der Waals surface area contributed by atoms with E-state index in [-0.39, 0.29) is 18.2 Å². The number of nitrogen functional groups attached to an aromatic ring is 1. The molecule has 0 amide bonds. The van der Waals surface area contributed by atoms with Gasteiger partial charge >= 0.3 is 0 Å². The van der Waals surface area contributed by atoms with Gasteiger partial charge in [0.1, 0.15) is 11.6 Å². The molecule has 0 saturated carbocycles. The van der Waals surface area contributed by atoms with E-state index in [4.69, 9.17) is 5.73 Å². The Morgan fingerprint density at radius 1 is 1.06 bits per heavy atom. The Balaban J connectivity index is 0.00000120. The Kier molecular flexibility index (Phi) is 3.12. The van der Waals surface area contributed by atoms with Gasteiger partial charge in [0, 0.05) is 11.3 Å². The van der Waals surface area contributed by atoms with E-state index in [1.807, 2.05) is 30.3 Å². The van der Waals surface area contributed by atoms with Crippen LogP contribution in [0.3, 0.4) is 0 Å². The van der Waals surface area contributed by atoms with Crippen LogP contribution >= 0.6 is 12.4 Å². The van der Waals surface area contributed by atoms with Crippen LogP contribution in [0.4, 0.5) is 5.69 Å². The third kappa shape index (κ3) is 2.10. The first-order valence-electron chi connectivity index (χ1n) is 5.27. The summed E-state index contributed by atoms with van der Waals surface area (Å²) in [5.74, 6) is 1.01. The number of aromatic nitrogens is 2. The lowest BCUT2D eigenvalue weighted by molar-refractivity contribution is 0.475. The molecule has 0 atom stereocenters. The molecule has 2 aromatic carbocycles. The molecule has 3 rings (SSSR count). The van der Waals surface area contributed by atoms with Crippen molar-refractivity contribution in [2.24, 2.45) is 0 Å². The molecule has 0 radical (unpaired) electrons. The Morgan fingerprint density at radius 3 is 2.50 bits per heavy atom. The number of nitrogens with zero attached hydrogens (tertiary/aromatic N) is 1. The average molecular weight is 262 g/mol. The standard InChI is InChI=1S/C13H11N3O.ClH/c14-9-3-6-11-12(7-9)16-13(15-11)8-1-4-10(17)5-2-8;/h1-7,17H,14H2,(H,15,16);1H. The molecule has 4 N–H and O–H groups in total. The Morgan fingerprint density at radius 2 is 1.78 bits per heavy atom. The Labute approximate surface area is 110 Å². The molecule has 18 heavy (non-hydrogen) atoms. The topological polar surface area (TPSA) is 74.9 Å². The van der Waals surface area contributed by atoms with Crippen LogP contribution in [0.1, 0.15) is 0 Å². The molecule has 0 bridgehead atoms. The van der Waals surface area contributed by atoms with Crippen molar-refractivity contribution in [1.82, 2.24) is 9.97 Å². The average Bonchev–Trinajstić information content (AvgIpc) is 2.72. The van der Waals surface area contributed by atoms with Crippen molar-refractivity contribution in [1.29, 1.82) is 0 Å². The molecule has 0 aliphatic carbocycles. The van der Waals surface area contributed by atoms with Gasteiger partial charge in [-0.15, -0.1) is 12.4 Å². The number of hydrogen-bond acceptors (Lipinski definition) is 3. The van der Waals surface area contributed by atoms with Gasteiger partial charge in [-0.1, -0.05) is 0 Å². The number of halogens is 1. The molecule has 1 heterocycles. The summed E-state index contributed by atoms with van der Waals surface area (Å²) in [4.78, 5) is 7.66. The lowest BCUT2D eigenvalue weighted by Gasteiger charge is -1.95. The predicted molar refractivity (Wildman–Crippen MR) is 74.9 cm³/mol. The number of phenolic OH excluding ortho intramolecular Hbond substituents is 1. The SMILES string of the molecule is Cl.Nc1ccc2nc(-c3ccc(O)cc3)[nH]c2c1. The van der Waals surface area contributed by atoms with Crippen molar-refractivity contribution in [2.45, 2.75) is 0 Å². The van der Waals surface area contributed by atoms with Gasteiger partial charge in [-0.05, 0) is 42.5 Å². The lowest BCUT2D eigenvalue weighted by Crippen LogP contribution is -1.82. The minimum atomic E-state index is 0. The van der Waals surface area contributed by atoms with Crippen molar-refractivity contribution in [3.05, 3.63) is 42.5 Å². The van der Waals surface area contributed by atoms with E-state index in [0.717, 1.165) is 22.4 Å². The second-order valence-corrected chi connectivity index (χ2v) is 3.91. The highest BCUT2D eigenvalue weighted by molar-refractivity contribution is 5.85. The smallest absolute Gasteiger partial charge is 0.138 e. The molecule has 4 nitrogen and oxygen atoms in total. The number of phenols is 1. The molecule has 0 aliphatic rings. The van der Waals surface area contributed by atoms with Gasteiger partial charge in [-0.25, -0.2) is 4.98 Å². The van der Waals surface area contributed by atoms with Crippen molar-refractivity contribution < 1.29 is 5.11 Å². The van der Waals surface area contributed by atoms with Crippen LogP contribution in [0.15, 0.2) is 42.5 Å². The summed E-state index contributed by atoms with van der Waals surface area (Å²) in [6.45, 7) is 0. The highest BCUT2D eigenvalue weighted by Gasteiger charge is 2.05. The molecular weight excluding hydrogens is 250 g/mol. The highest BCUT2D eigenvalue weighted by Crippen LogP contribution is 2.23. The first-order chi connectivity index (χ1) is 8.22. The van der Waals surface area contributed by atoms with Gasteiger partial charge in [-0.3, -0.25) is 0 Å². The second kappa shape index (κ2) is 4.58. The molecule has 1 aromatic heterocycles. The van der Waals surface area contributed by atoms with Crippen LogP contribution < -0.4 is 5.73 Å². The third-order valence-corrected chi connectivity index (χ3v) is 2.65. The zero-order chi connectivity index (χ0) is 11.8. The van der Waals surface area contributed by atoms with Crippen LogP contribution in [0.2, 0.25) is 0 Å². The summed E-state index contributed by atoms with van der Waals surface area (Å²) < 4.78 is 0. The maximum Gasteiger partial charge on any atom is 0.138 e. The summed E-state index contributed by atoms with van der Waals surface area (Å²) in [6, 6.07) is 12.5. The van der Waals surface area contributed by atoms with Crippen molar-refractivity contribution >= 4 is 29.1 Å². The summed E-state index contributed by atoms with van der Waals surface area (Å²) in [5, 5.41) is 9.23. The maximum atomic E-state index is 9.23. The monoisotopic (exact) mass is 261 g/mol. The number of imidazole rings is 1. The lowest BCUT2D eigenvalue weighted by atomic mass is 10.2. The van der Waals surface area contributed by atoms with E-state index in [0.29, 0.717) is 5.69 Å². The zero-order valence-electron chi connectivity index (χ0n) is 9.42. The molecule has 0 saturated heterocycles. The van der Waals surface area contributed by atoms with Crippen LogP contribution in [0.25, 0.3) is 22.4 Å². The number of aromatic hydroxyl groups is 1. The number of H-pyrrole nitrogens is 1. The second-order valence-electron chi connectivity index (χ2n) is 3.91. The van der Waals surface area contributed by atoms with Gasteiger partial charge in [-0.2, -0.15) is 0 Å². The number of anilines is 1. The van der Waals surface area contributed by atoms with Crippen molar-refractivity contribution in [2.75, 3.05) is 5.73 Å². The van der Waals surface area contributed by atoms with E-state index in [9.17, 15) is 5.11 Å². The third-order valence-electron chi connectivity index (χ3n) is 2.65. The fraction of sp³-hybridized carbons (Fsp3) is 0. The fourth-order valence-corrected chi connectivity index (χ4v) is 1.78. The van der Waals surface area contributed by atoms with Crippen molar-refractivity contribution in [3.8, 4) is 17.1 Å². The van der Waals surface area contributed by atoms with E-state index in [1.54, 1.807) is 12.1 Å². The number of hydrogen-bond donors (Lipinski definition) is 3. The predicted octanol–water partition coefficient (Wildman–Crippen LogP) is 2.94. The maximum absolute atomic E-state index is 9.23. The summed E-state index contributed by atoms with van der Waals surface area (Å²) in [6.07, 6.45) is 0. The molecular formula is C13H12ClN3O. The number of benzene rings is 2. The van der Waals surface area contributed by atoms with E-state index < -0.39 is 0 Å². The quantitative estimate of drug-likeness (QED) is 0.590. The Hall–Kier alpha value is -2.20. The summed E-state index contributed by atoms with van der Waals surface area (Å²) in [7, 11) is 0. The minimum Gasteiger partial charge on any atom is -0.508 e. The van der Waals surface area contributed by atoms with Gasteiger partial charge in [0.25, 0.3) is 0 Å². The minimum absolute atomic E-state index is 0. The van der Waals surface area contributed by atoms with Crippen LogP contribution in [-0.4, -0.2) is 15.1 Å². The zero-order valence-corrected chi connectivity index (χ0v) is 10.2. The van der Waals surface area contributed by atoms with Gasteiger partial charge in [0.05, 0.1) is 11.0 Å². The molecule has 3 aromatic rings. The highest BCUT2D eigenvalue weighted by atomic mass is 35.5. The molecule has 0 aliphatic heterocycles. The molecule has 0 spiro atoms. The van der Waals surface area contributed by atoms with Gasteiger partial charge in [0.2, 0.25) is 0 Å². The normalized spacial score (nSPS) is 10.2. The first-order valence-corrected chi connectivity index (χ1v) is 5.27.